The highest BCUT2D eigenvalue weighted by Crippen LogP contribution is 2.36. The minimum Gasteiger partial charge on any atom is -0.496 e. The maximum absolute atomic E-state index is 13.7. The molecule has 0 fully saturated rings. The first kappa shape index (κ1) is 11.4. The van der Waals surface area contributed by atoms with Crippen LogP contribution in [0.2, 0.25) is 0 Å². The zero-order valence-corrected chi connectivity index (χ0v) is 9.70. The molecule has 1 heterocycles. The van der Waals surface area contributed by atoms with Gasteiger partial charge in [-0.1, -0.05) is 12.1 Å². The fourth-order valence-electron chi connectivity index (χ4n) is 1.84. The molecule has 0 amide bonds. The molecule has 0 aliphatic rings. The fourth-order valence-corrected chi connectivity index (χ4v) is 1.84. The molecule has 1 aromatic heterocycles. The van der Waals surface area contributed by atoms with E-state index >= 15 is 0 Å². The van der Waals surface area contributed by atoms with Crippen LogP contribution in [0.4, 0.5) is 10.2 Å². The maximum Gasteiger partial charge on any atom is 0.145 e. The Morgan fingerprint density at radius 2 is 2.24 bits per heavy atom. The van der Waals surface area contributed by atoms with Gasteiger partial charge >= 0.3 is 0 Å². The Bertz CT molecular complexity index is 522. The fraction of sp³-hybridized carbons (Fsp3) is 0.250. The number of H-pyrrole nitrogens is 1. The molecule has 0 saturated carbocycles. The van der Waals surface area contributed by atoms with Crippen molar-refractivity contribution in [2.24, 2.45) is 0 Å². The Hall–Kier alpha value is -2.04. The van der Waals surface area contributed by atoms with Crippen molar-refractivity contribution in [3.63, 3.8) is 0 Å². The minimum absolute atomic E-state index is 0.375. The molecule has 17 heavy (non-hydrogen) atoms. The monoisotopic (exact) mass is 235 g/mol. The lowest BCUT2D eigenvalue weighted by Gasteiger charge is -2.13. The number of halogens is 1. The van der Waals surface area contributed by atoms with Crippen LogP contribution in [0.25, 0.3) is 11.3 Å². The summed E-state index contributed by atoms with van der Waals surface area (Å²) in [7, 11) is 1.52. The predicted molar refractivity (Wildman–Crippen MR) is 64.5 cm³/mol. The summed E-state index contributed by atoms with van der Waals surface area (Å²) in [4.78, 5) is 0. The van der Waals surface area contributed by atoms with Crippen LogP contribution in [-0.2, 0) is 0 Å². The van der Waals surface area contributed by atoms with E-state index in [1.54, 1.807) is 24.3 Å². The number of ether oxygens (including phenoxy) is 1. The lowest BCUT2D eigenvalue weighted by Crippen LogP contribution is -1.96. The van der Waals surface area contributed by atoms with Crippen LogP contribution in [0.5, 0.6) is 5.75 Å². The molecule has 0 saturated heterocycles. The van der Waals surface area contributed by atoms with Crippen LogP contribution in [-0.4, -0.2) is 17.3 Å². The largest absolute Gasteiger partial charge is 0.496 e. The standard InChI is InChI=1S/C12H14FN3O/c1-7(13)12-8(4-3-5-10(12)17-2)9-6-11(14)16-15-9/h3-7H,1-2H3,(H3,14,15,16). The number of methoxy groups -OCH3 is 1. The van der Waals surface area contributed by atoms with E-state index in [0.29, 0.717) is 28.4 Å². The normalized spacial score (nSPS) is 12.4. The van der Waals surface area contributed by atoms with Gasteiger partial charge in [0, 0.05) is 17.2 Å². The average Bonchev–Trinajstić information content (AvgIpc) is 2.74. The topological polar surface area (TPSA) is 63.9 Å². The number of rotatable bonds is 3. The minimum atomic E-state index is -1.13. The number of anilines is 1. The summed E-state index contributed by atoms with van der Waals surface area (Å²) >= 11 is 0. The first-order valence-corrected chi connectivity index (χ1v) is 5.25. The van der Waals surface area contributed by atoms with Gasteiger partial charge in [-0.3, -0.25) is 5.10 Å². The van der Waals surface area contributed by atoms with Gasteiger partial charge in [0.25, 0.3) is 0 Å². The van der Waals surface area contributed by atoms with E-state index in [-0.39, 0.29) is 0 Å². The van der Waals surface area contributed by atoms with Gasteiger partial charge in [-0.05, 0) is 13.0 Å². The van der Waals surface area contributed by atoms with Crippen LogP contribution in [0, 0.1) is 0 Å². The molecule has 0 aliphatic carbocycles. The highest BCUT2D eigenvalue weighted by atomic mass is 19.1. The first-order chi connectivity index (χ1) is 8.13. The predicted octanol–water partition coefficient (Wildman–Crippen LogP) is 2.70. The van der Waals surface area contributed by atoms with Gasteiger partial charge in [-0.25, -0.2) is 4.39 Å². The number of aromatic amines is 1. The number of benzene rings is 1. The molecule has 2 aromatic rings. The number of alkyl halides is 1. The quantitative estimate of drug-likeness (QED) is 0.859. The smallest absolute Gasteiger partial charge is 0.145 e. The Balaban J connectivity index is 2.60. The number of nitrogens with zero attached hydrogens (tertiary/aromatic N) is 1. The second-order valence-corrected chi connectivity index (χ2v) is 3.74. The van der Waals surface area contributed by atoms with E-state index in [1.807, 2.05) is 0 Å². The van der Waals surface area contributed by atoms with Crippen LogP contribution < -0.4 is 10.5 Å². The molecule has 1 aromatic carbocycles. The van der Waals surface area contributed by atoms with Gasteiger partial charge in [0.2, 0.25) is 0 Å². The third-order valence-electron chi connectivity index (χ3n) is 2.57. The van der Waals surface area contributed by atoms with Gasteiger partial charge < -0.3 is 10.5 Å². The molecular formula is C12H14FN3O. The molecular weight excluding hydrogens is 221 g/mol. The van der Waals surface area contributed by atoms with Crippen LogP contribution in [0.3, 0.4) is 0 Å². The number of nitrogens with two attached hydrogens (primary N) is 1. The van der Waals surface area contributed by atoms with E-state index in [4.69, 9.17) is 10.5 Å². The van der Waals surface area contributed by atoms with Crippen molar-refractivity contribution >= 4 is 5.82 Å². The number of hydrogen-bond donors (Lipinski definition) is 2. The second kappa shape index (κ2) is 4.45. The van der Waals surface area contributed by atoms with Crippen molar-refractivity contribution < 1.29 is 9.13 Å². The molecule has 0 aliphatic heterocycles. The summed E-state index contributed by atoms with van der Waals surface area (Å²) < 4.78 is 18.9. The molecule has 3 N–H and O–H groups in total. The zero-order chi connectivity index (χ0) is 12.4. The Labute approximate surface area is 98.6 Å². The highest BCUT2D eigenvalue weighted by Gasteiger charge is 2.17. The zero-order valence-electron chi connectivity index (χ0n) is 9.70. The maximum atomic E-state index is 13.7. The molecule has 1 atom stereocenters. The summed E-state index contributed by atoms with van der Waals surface area (Å²) in [5, 5.41) is 6.61. The van der Waals surface area contributed by atoms with Crippen molar-refractivity contribution in [3.8, 4) is 17.0 Å². The third kappa shape index (κ3) is 2.08. The van der Waals surface area contributed by atoms with E-state index in [9.17, 15) is 4.39 Å². The second-order valence-electron chi connectivity index (χ2n) is 3.74. The van der Waals surface area contributed by atoms with Gasteiger partial charge in [-0.2, -0.15) is 5.10 Å². The summed E-state index contributed by atoms with van der Waals surface area (Å²) in [5.41, 5.74) is 7.44. The summed E-state index contributed by atoms with van der Waals surface area (Å²) in [5.74, 6) is 0.894. The average molecular weight is 235 g/mol. The Morgan fingerprint density at radius 1 is 1.47 bits per heavy atom. The molecule has 90 valence electrons. The number of nitrogen functional groups attached to an aromatic ring is 1. The Morgan fingerprint density at radius 3 is 2.76 bits per heavy atom. The van der Waals surface area contributed by atoms with Crippen molar-refractivity contribution in [3.05, 3.63) is 29.8 Å². The molecule has 5 heteroatoms. The van der Waals surface area contributed by atoms with E-state index < -0.39 is 6.17 Å². The SMILES string of the molecule is COc1cccc(-c2cc(N)n[nH]2)c1C(C)F. The van der Waals surface area contributed by atoms with Gasteiger partial charge in [-0.15, -0.1) is 0 Å². The molecule has 2 rings (SSSR count). The Kier molecular flexibility index (Phi) is 2.99. The van der Waals surface area contributed by atoms with E-state index in [1.165, 1.54) is 14.0 Å². The lowest BCUT2D eigenvalue weighted by molar-refractivity contribution is 0.347. The molecule has 0 spiro atoms. The molecule has 0 bridgehead atoms. The first-order valence-electron chi connectivity index (χ1n) is 5.25. The summed E-state index contributed by atoms with van der Waals surface area (Å²) in [6.07, 6.45) is -1.13. The molecule has 4 nitrogen and oxygen atoms in total. The number of nitrogens with one attached hydrogen (secondary N) is 1. The van der Waals surface area contributed by atoms with Gasteiger partial charge in [0.15, 0.2) is 0 Å². The summed E-state index contributed by atoms with van der Waals surface area (Å²) in [6.45, 7) is 1.47. The lowest BCUT2D eigenvalue weighted by atomic mass is 10.0. The van der Waals surface area contributed by atoms with Crippen molar-refractivity contribution in [1.82, 2.24) is 10.2 Å². The van der Waals surface area contributed by atoms with E-state index in [2.05, 4.69) is 10.2 Å². The van der Waals surface area contributed by atoms with Crippen molar-refractivity contribution in [2.75, 3.05) is 12.8 Å². The third-order valence-corrected chi connectivity index (χ3v) is 2.57. The van der Waals surface area contributed by atoms with Crippen LogP contribution >= 0.6 is 0 Å². The van der Waals surface area contributed by atoms with E-state index in [0.717, 1.165) is 0 Å². The van der Waals surface area contributed by atoms with Crippen LogP contribution in [0.1, 0.15) is 18.7 Å². The van der Waals surface area contributed by atoms with Gasteiger partial charge in [0.05, 0.1) is 12.8 Å². The van der Waals surface area contributed by atoms with Crippen molar-refractivity contribution in [1.29, 1.82) is 0 Å². The molecule has 1 unspecified atom stereocenters. The number of hydrogen-bond acceptors (Lipinski definition) is 3. The molecule has 0 radical (unpaired) electrons. The van der Waals surface area contributed by atoms with Gasteiger partial charge in [0.1, 0.15) is 17.7 Å². The van der Waals surface area contributed by atoms with Crippen molar-refractivity contribution in [2.45, 2.75) is 13.1 Å². The van der Waals surface area contributed by atoms with Crippen LogP contribution in [0.15, 0.2) is 24.3 Å². The summed E-state index contributed by atoms with van der Waals surface area (Å²) in [6, 6.07) is 7.01. The number of aromatic nitrogens is 2. The highest BCUT2D eigenvalue weighted by molar-refractivity contribution is 5.69.